The number of rotatable bonds is 10. The maximum Gasteiger partial charge on any atom is 0.0701 e. The van der Waals surface area contributed by atoms with E-state index in [1.165, 1.54) is 32.7 Å². The molecular formula is C13H29N3O2. The van der Waals surface area contributed by atoms with Crippen LogP contribution in [0.25, 0.3) is 0 Å². The smallest absolute Gasteiger partial charge is 0.0701 e. The zero-order valence-electron chi connectivity index (χ0n) is 11.8. The van der Waals surface area contributed by atoms with Crippen LogP contribution in [-0.4, -0.2) is 82.0 Å². The predicted molar refractivity (Wildman–Crippen MR) is 73.9 cm³/mol. The lowest BCUT2D eigenvalue weighted by Gasteiger charge is -2.33. The van der Waals surface area contributed by atoms with Gasteiger partial charge in [0.15, 0.2) is 0 Å². The Hall–Kier alpha value is -0.200. The first-order valence-electron chi connectivity index (χ1n) is 7.17. The molecule has 1 rings (SSSR count). The molecule has 1 aliphatic rings. The van der Waals surface area contributed by atoms with E-state index in [9.17, 15) is 0 Å². The van der Waals surface area contributed by atoms with Crippen molar-refractivity contribution in [2.45, 2.75) is 13.3 Å². The first-order chi connectivity index (χ1) is 8.86. The molecule has 0 aromatic heterocycles. The molecule has 0 unspecified atom stereocenters. The maximum atomic E-state index is 5.51. The van der Waals surface area contributed by atoms with E-state index in [4.69, 9.17) is 15.2 Å². The normalized spacial score (nSPS) is 18.3. The summed E-state index contributed by atoms with van der Waals surface area (Å²) in [6, 6.07) is 0. The minimum absolute atomic E-state index is 0.587. The molecule has 5 nitrogen and oxygen atoms in total. The van der Waals surface area contributed by atoms with Crippen molar-refractivity contribution in [1.82, 2.24) is 9.80 Å². The molecule has 0 amide bonds. The van der Waals surface area contributed by atoms with Crippen LogP contribution in [0.4, 0.5) is 0 Å². The molecule has 1 saturated heterocycles. The lowest BCUT2D eigenvalue weighted by Crippen LogP contribution is -2.46. The highest BCUT2D eigenvalue weighted by Crippen LogP contribution is 2.01. The van der Waals surface area contributed by atoms with Crippen molar-refractivity contribution < 1.29 is 9.47 Å². The second-order valence-electron chi connectivity index (χ2n) is 4.64. The lowest BCUT2D eigenvalue weighted by molar-refractivity contribution is 0.0446. The molecule has 0 saturated carbocycles. The highest BCUT2D eigenvalue weighted by atomic mass is 16.5. The number of nitrogens with zero attached hydrogens (tertiary/aromatic N) is 2. The number of nitrogens with two attached hydrogens (primary N) is 1. The number of piperazine rings is 1. The minimum Gasteiger partial charge on any atom is -0.379 e. The van der Waals surface area contributed by atoms with Gasteiger partial charge in [-0.2, -0.15) is 0 Å². The molecule has 0 aliphatic carbocycles. The van der Waals surface area contributed by atoms with Crippen molar-refractivity contribution >= 4 is 0 Å². The van der Waals surface area contributed by atoms with Crippen LogP contribution in [0.5, 0.6) is 0 Å². The van der Waals surface area contributed by atoms with Gasteiger partial charge in [0, 0.05) is 45.9 Å². The summed E-state index contributed by atoms with van der Waals surface area (Å²) in [6.45, 7) is 12.8. The molecule has 5 heteroatoms. The van der Waals surface area contributed by atoms with E-state index in [2.05, 4.69) is 16.7 Å². The van der Waals surface area contributed by atoms with E-state index in [1.807, 2.05) is 0 Å². The number of ether oxygens (including phenoxy) is 2. The second-order valence-corrected chi connectivity index (χ2v) is 4.64. The minimum atomic E-state index is 0.587. The van der Waals surface area contributed by atoms with Crippen LogP contribution in [0.15, 0.2) is 0 Å². The van der Waals surface area contributed by atoms with Crippen LogP contribution < -0.4 is 5.73 Å². The summed E-state index contributed by atoms with van der Waals surface area (Å²) < 4.78 is 10.7. The number of hydrogen-bond acceptors (Lipinski definition) is 5. The predicted octanol–water partition coefficient (Wildman–Crippen LogP) is 0.00590. The van der Waals surface area contributed by atoms with Crippen molar-refractivity contribution in [3.05, 3.63) is 0 Å². The maximum absolute atomic E-state index is 5.51. The van der Waals surface area contributed by atoms with Crippen molar-refractivity contribution in [1.29, 1.82) is 0 Å². The van der Waals surface area contributed by atoms with Gasteiger partial charge in [-0.05, 0) is 13.0 Å². The standard InChI is InChI=1S/C13H29N3O2/c1-2-15-6-8-16(9-7-15)5-3-10-17-12-13-18-11-4-14/h2-14H2,1H3. The molecule has 1 fully saturated rings. The molecule has 18 heavy (non-hydrogen) atoms. The quantitative estimate of drug-likeness (QED) is 0.560. The number of hydrogen-bond donors (Lipinski definition) is 1. The highest BCUT2D eigenvalue weighted by molar-refractivity contribution is 4.70. The number of likely N-dealkylation sites (N-methyl/N-ethyl adjacent to an activating group) is 1. The summed E-state index contributed by atoms with van der Waals surface area (Å²) in [5.74, 6) is 0. The molecule has 1 heterocycles. The van der Waals surface area contributed by atoms with Gasteiger partial charge >= 0.3 is 0 Å². The molecule has 0 radical (unpaired) electrons. The molecule has 0 aromatic carbocycles. The van der Waals surface area contributed by atoms with E-state index in [0.717, 1.165) is 19.6 Å². The van der Waals surface area contributed by atoms with Gasteiger partial charge in [0.25, 0.3) is 0 Å². The van der Waals surface area contributed by atoms with Crippen LogP contribution in [-0.2, 0) is 9.47 Å². The average molecular weight is 259 g/mol. The average Bonchev–Trinajstić information content (AvgIpc) is 2.42. The van der Waals surface area contributed by atoms with Gasteiger partial charge in [-0.15, -0.1) is 0 Å². The van der Waals surface area contributed by atoms with Gasteiger partial charge in [-0.25, -0.2) is 0 Å². The Morgan fingerprint density at radius 1 is 0.889 bits per heavy atom. The summed E-state index contributed by atoms with van der Waals surface area (Å²) in [7, 11) is 0. The SMILES string of the molecule is CCN1CCN(CCCOCCOCCN)CC1. The molecule has 2 N–H and O–H groups in total. The largest absolute Gasteiger partial charge is 0.379 e. The van der Waals surface area contributed by atoms with Gasteiger partial charge in [0.2, 0.25) is 0 Å². The van der Waals surface area contributed by atoms with E-state index in [1.54, 1.807) is 0 Å². The third-order valence-electron chi connectivity index (χ3n) is 3.31. The van der Waals surface area contributed by atoms with Gasteiger partial charge in [-0.3, -0.25) is 0 Å². The zero-order chi connectivity index (χ0) is 13.1. The Balaban J connectivity index is 1.84. The summed E-state index contributed by atoms with van der Waals surface area (Å²) in [5, 5.41) is 0. The Morgan fingerprint density at radius 2 is 1.50 bits per heavy atom. The zero-order valence-corrected chi connectivity index (χ0v) is 11.8. The van der Waals surface area contributed by atoms with Crippen molar-refractivity contribution in [2.75, 3.05) is 72.2 Å². The van der Waals surface area contributed by atoms with Gasteiger partial charge in [0.05, 0.1) is 19.8 Å². The van der Waals surface area contributed by atoms with Gasteiger partial charge in [-0.1, -0.05) is 6.92 Å². The molecule has 0 atom stereocenters. The van der Waals surface area contributed by atoms with Gasteiger partial charge < -0.3 is 25.0 Å². The first-order valence-corrected chi connectivity index (χ1v) is 7.17. The van der Waals surface area contributed by atoms with E-state index in [-0.39, 0.29) is 0 Å². The van der Waals surface area contributed by atoms with Crippen molar-refractivity contribution in [2.24, 2.45) is 5.73 Å². The molecular weight excluding hydrogens is 230 g/mol. The van der Waals surface area contributed by atoms with Gasteiger partial charge in [0.1, 0.15) is 0 Å². The molecule has 108 valence electrons. The fourth-order valence-electron chi connectivity index (χ4n) is 2.12. The van der Waals surface area contributed by atoms with Crippen LogP contribution in [0.1, 0.15) is 13.3 Å². The lowest BCUT2D eigenvalue weighted by atomic mass is 10.3. The Morgan fingerprint density at radius 3 is 2.11 bits per heavy atom. The first kappa shape index (κ1) is 15.9. The third-order valence-corrected chi connectivity index (χ3v) is 3.31. The second kappa shape index (κ2) is 10.7. The molecule has 0 spiro atoms. The Kier molecular flexibility index (Phi) is 9.42. The molecule has 0 aromatic rings. The molecule has 1 aliphatic heterocycles. The fraction of sp³-hybridized carbons (Fsp3) is 1.00. The Bertz CT molecular complexity index is 185. The summed E-state index contributed by atoms with van der Waals surface area (Å²) >= 11 is 0. The summed E-state index contributed by atoms with van der Waals surface area (Å²) in [4.78, 5) is 5.03. The van der Waals surface area contributed by atoms with Crippen LogP contribution in [0, 0.1) is 0 Å². The van der Waals surface area contributed by atoms with Crippen LogP contribution >= 0.6 is 0 Å². The van der Waals surface area contributed by atoms with Crippen molar-refractivity contribution in [3.8, 4) is 0 Å². The van der Waals surface area contributed by atoms with Crippen molar-refractivity contribution in [3.63, 3.8) is 0 Å². The monoisotopic (exact) mass is 259 g/mol. The highest BCUT2D eigenvalue weighted by Gasteiger charge is 2.14. The fourth-order valence-corrected chi connectivity index (χ4v) is 2.12. The third kappa shape index (κ3) is 7.28. The van der Waals surface area contributed by atoms with E-state index < -0.39 is 0 Å². The van der Waals surface area contributed by atoms with Crippen LogP contribution in [0.3, 0.4) is 0 Å². The van der Waals surface area contributed by atoms with E-state index in [0.29, 0.717) is 26.4 Å². The topological polar surface area (TPSA) is 51.0 Å². The molecule has 0 bridgehead atoms. The van der Waals surface area contributed by atoms with Crippen LogP contribution in [0.2, 0.25) is 0 Å². The summed E-state index contributed by atoms with van der Waals surface area (Å²) in [5.41, 5.74) is 5.32. The van der Waals surface area contributed by atoms with E-state index >= 15 is 0 Å². The summed E-state index contributed by atoms with van der Waals surface area (Å²) in [6.07, 6.45) is 1.11. The Labute approximate surface area is 111 Å².